The second-order valence-electron chi connectivity index (χ2n) is 8.80. The summed E-state index contributed by atoms with van der Waals surface area (Å²) >= 11 is 0. The lowest BCUT2D eigenvalue weighted by atomic mass is 9.95. The minimum Gasteiger partial charge on any atom is -0.507 e. The van der Waals surface area contributed by atoms with Crippen LogP contribution in [0.2, 0.25) is 0 Å². The Morgan fingerprint density at radius 2 is 1.64 bits per heavy atom. The number of Topliss-reactive ketones (excluding diaryl/α,β-unsaturated/α-hetero) is 1. The zero-order valence-corrected chi connectivity index (χ0v) is 19.5. The molecule has 0 spiro atoms. The van der Waals surface area contributed by atoms with E-state index in [1.165, 1.54) is 0 Å². The van der Waals surface area contributed by atoms with Gasteiger partial charge in [0.15, 0.2) is 0 Å². The maximum Gasteiger partial charge on any atom is 0.295 e. The lowest BCUT2D eigenvalue weighted by molar-refractivity contribution is -0.140. The number of benzene rings is 2. The van der Waals surface area contributed by atoms with Crippen LogP contribution in [0.5, 0.6) is 0 Å². The van der Waals surface area contributed by atoms with Crippen LogP contribution in [0.15, 0.2) is 54.1 Å². The smallest absolute Gasteiger partial charge is 0.295 e. The standard InChI is InChI=1S/C26H31N3O4/c1-18-4-6-20(7-5-18)24(30)22-23(19-8-10-21(11-9-19)27(2)3)29(26(32)25(22)31)13-12-28-14-16-33-17-15-28/h4-11,23,30H,12-17H2,1-3H3/b24-22+/t23-/m0/s1. The Morgan fingerprint density at radius 3 is 2.24 bits per heavy atom. The summed E-state index contributed by atoms with van der Waals surface area (Å²) in [6, 6.07) is 14.5. The number of aliphatic hydroxyl groups is 1. The van der Waals surface area contributed by atoms with Crippen LogP contribution in [0, 0.1) is 6.92 Å². The number of amides is 1. The fourth-order valence-corrected chi connectivity index (χ4v) is 4.35. The molecule has 4 rings (SSSR count). The maximum atomic E-state index is 13.2. The zero-order valence-electron chi connectivity index (χ0n) is 19.5. The van der Waals surface area contributed by atoms with E-state index in [4.69, 9.17) is 4.74 Å². The Labute approximate surface area is 194 Å². The summed E-state index contributed by atoms with van der Waals surface area (Å²) < 4.78 is 5.42. The maximum absolute atomic E-state index is 13.2. The predicted octanol–water partition coefficient (Wildman–Crippen LogP) is 2.81. The summed E-state index contributed by atoms with van der Waals surface area (Å²) in [5.41, 5.74) is 3.54. The summed E-state index contributed by atoms with van der Waals surface area (Å²) in [6.45, 7) is 5.94. The van der Waals surface area contributed by atoms with Crippen molar-refractivity contribution in [2.75, 3.05) is 58.4 Å². The largest absolute Gasteiger partial charge is 0.507 e. The minimum absolute atomic E-state index is 0.135. The minimum atomic E-state index is -0.642. The van der Waals surface area contributed by atoms with Gasteiger partial charge in [-0.3, -0.25) is 14.5 Å². The van der Waals surface area contributed by atoms with Crippen molar-refractivity contribution in [1.82, 2.24) is 9.80 Å². The molecular weight excluding hydrogens is 418 g/mol. The molecule has 33 heavy (non-hydrogen) atoms. The van der Waals surface area contributed by atoms with Gasteiger partial charge in [0.05, 0.1) is 24.8 Å². The molecule has 2 aliphatic rings. The lowest BCUT2D eigenvalue weighted by Crippen LogP contribution is -2.42. The molecule has 2 aromatic rings. The molecule has 0 aromatic heterocycles. The molecular formula is C26H31N3O4. The van der Waals surface area contributed by atoms with E-state index in [9.17, 15) is 14.7 Å². The highest BCUT2D eigenvalue weighted by atomic mass is 16.5. The third kappa shape index (κ3) is 4.79. The van der Waals surface area contributed by atoms with Gasteiger partial charge in [0.2, 0.25) is 0 Å². The van der Waals surface area contributed by atoms with Crippen LogP contribution in [-0.2, 0) is 14.3 Å². The first-order valence-electron chi connectivity index (χ1n) is 11.3. The van der Waals surface area contributed by atoms with Crippen LogP contribution in [-0.4, -0.2) is 80.1 Å². The van der Waals surface area contributed by atoms with E-state index in [2.05, 4.69) is 4.90 Å². The average molecular weight is 450 g/mol. The van der Waals surface area contributed by atoms with Crippen LogP contribution in [0.4, 0.5) is 5.69 Å². The molecule has 7 nitrogen and oxygen atoms in total. The summed E-state index contributed by atoms with van der Waals surface area (Å²) in [5, 5.41) is 11.2. The predicted molar refractivity (Wildman–Crippen MR) is 128 cm³/mol. The van der Waals surface area contributed by atoms with Gasteiger partial charge in [-0.05, 0) is 24.6 Å². The van der Waals surface area contributed by atoms with E-state index in [0.29, 0.717) is 31.9 Å². The number of hydrogen-bond acceptors (Lipinski definition) is 6. The zero-order chi connectivity index (χ0) is 23.5. The number of ether oxygens (including phenoxy) is 1. The molecule has 2 aliphatic heterocycles. The highest BCUT2D eigenvalue weighted by Gasteiger charge is 2.46. The number of carbonyl (C=O) groups is 2. The number of likely N-dealkylation sites (tertiary alicyclic amines) is 1. The normalized spacial score (nSPS) is 20.9. The van der Waals surface area contributed by atoms with Gasteiger partial charge in [-0.2, -0.15) is 0 Å². The van der Waals surface area contributed by atoms with Crippen LogP contribution in [0.1, 0.15) is 22.7 Å². The molecule has 2 saturated heterocycles. The van der Waals surface area contributed by atoms with Crippen molar-refractivity contribution in [3.63, 3.8) is 0 Å². The first-order chi connectivity index (χ1) is 15.9. The molecule has 1 atom stereocenters. The van der Waals surface area contributed by atoms with Gasteiger partial charge in [-0.25, -0.2) is 0 Å². The molecule has 2 fully saturated rings. The van der Waals surface area contributed by atoms with E-state index in [0.717, 1.165) is 29.9 Å². The Bertz CT molecular complexity index is 1040. The third-order valence-corrected chi connectivity index (χ3v) is 6.35. The van der Waals surface area contributed by atoms with Crippen LogP contribution in [0.25, 0.3) is 5.76 Å². The van der Waals surface area contributed by atoms with Crippen molar-refractivity contribution in [3.8, 4) is 0 Å². The number of morpholine rings is 1. The number of nitrogens with zero attached hydrogens (tertiary/aromatic N) is 3. The van der Waals surface area contributed by atoms with Gasteiger partial charge in [-0.15, -0.1) is 0 Å². The van der Waals surface area contributed by atoms with Crippen LogP contribution in [0.3, 0.4) is 0 Å². The van der Waals surface area contributed by atoms with Crippen molar-refractivity contribution in [1.29, 1.82) is 0 Å². The topological polar surface area (TPSA) is 73.3 Å². The summed E-state index contributed by atoms with van der Waals surface area (Å²) in [4.78, 5) is 32.1. The Hall–Kier alpha value is -3.16. The third-order valence-electron chi connectivity index (χ3n) is 6.35. The number of hydrogen-bond donors (Lipinski definition) is 1. The van der Waals surface area contributed by atoms with Crippen LogP contribution < -0.4 is 4.90 Å². The van der Waals surface area contributed by atoms with Gasteiger partial charge < -0.3 is 19.6 Å². The number of ketones is 1. The van der Waals surface area contributed by atoms with Crippen molar-refractivity contribution < 1.29 is 19.4 Å². The molecule has 0 radical (unpaired) electrons. The summed E-state index contributed by atoms with van der Waals surface area (Å²) in [7, 11) is 3.92. The van der Waals surface area contributed by atoms with E-state index >= 15 is 0 Å². The van der Waals surface area contributed by atoms with Crippen molar-refractivity contribution in [2.45, 2.75) is 13.0 Å². The number of anilines is 1. The Kier molecular flexibility index (Phi) is 6.81. The highest BCUT2D eigenvalue weighted by Crippen LogP contribution is 2.39. The van der Waals surface area contributed by atoms with Gasteiger partial charge in [0.25, 0.3) is 11.7 Å². The molecule has 1 N–H and O–H groups in total. The summed E-state index contributed by atoms with van der Waals surface area (Å²) in [5.74, 6) is -1.35. The quantitative estimate of drug-likeness (QED) is 0.415. The second-order valence-corrected chi connectivity index (χ2v) is 8.80. The van der Waals surface area contributed by atoms with E-state index in [-0.39, 0.29) is 11.3 Å². The number of carbonyl (C=O) groups excluding carboxylic acids is 2. The Balaban J connectivity index is 1.73. The lowest BCUT2D eigenvalue weighted by Gasteiger charge is -2.31. The molecule has 174 valence electrons. The monoisotopic (exact) mass is 449 g/mol. The first kappa shape index (κ1) is 23.0. The average Bonchev–Trinajstić information content (AvgIpc) is 3.08. The van der Waals surface area contributed by atoms with Crippen LogP contribution >= 0.6 is 0 Å². The van der Waals surface area contributed by atoms with E-state index in [1.54, 1.807) is 17.0 Å². The van der Waals surface area contributed by atoms with Crippen molar-refractivity contribution >= 4 is 23.1 Å². The van der Waals surface area contributed by atoms with Gasteiger partial charge in [0.1, 0.15) is 5.76 Å². The van der Waals surface area contributed by atoms with Gasteiger partial charge >= 0.3 is 0 Å². The van der Waals surface area contributed by atoms with Crippen molar-refractivity contribution in [2.24, 2.45) is 0 Å². The SMILES string of the molecule is Cc1ccc(/C(O)=C2\C(=O)C(=O)N(CCN3CCOCC3)[C@H]2c2ccc(N(C)C)cc2)cc1. The van der Waals surface area contributed by atoms with Gasteiger partial charge in [0, 0.05) is 51.5 Å². The molecule has 7 heteroatoms. The highest BCUT2D eigenvalue weighted by molar-refractivity contribution is 6.46. The molecule has 0 saturated carbocycles. The Morgan fingerprint density at radius 1 is 1.00 bits per heavy atom. The van der Waals surface area contributed by atoms with Gasteiger partial charge in [-0.1, -0.05) is 42.0 Å². The number of aryl methyl sites for hydroxylation is 1. The summed E-state index contributed by atoms with van der Waals surface area (Å²) in [6.07, 6.45) is 0. The van der Waals surface area contributed by atoms with Crippen molar-refractivity contribution in [3.05, 3.63) is 70.8 Å². The molecule has 0 unspecified atom stereocenters. The molecule has 2 aromatic carbocycles. The molecule has 0 aliphatic carbocycles. The van der Waals surface area contributed by atoms with E-state index < -0.39 is 17.7 Å². The number of rotatable bonds is 6. The first-order valence-corrected chi connectivity index (χ1v) is 11.3. The van der Waals surface area contributed by atoms with E-state index in [1.807, 2.05) is 62.3 Å². The molecule has 1 amide bonds. The second kappa shape index (κ2) is 9.77. The molecule has 2 heterocycles. The molecule has 0 bridgehead atoms. The fraction of sp³-hybridized carbons (Fsp3) is 0.385. The fourth-order valence-electron chi connectivity index (χ4n) is 4.35. The number of aliphatic hydroxyl groups excluding tert-OH is 1.